The summed E-state index contributed by atoms with van der Waals surface area (Å²) in [6, 6.07) is 19.0. The molecule has 2 atom stereocenters. The van der Waals surface area contributed by atoms with E-state index in [0.29, 0.717) is 48.6 Å². The highest BCUT2D eigenvalue weighted by atomic mass is 19.4. The number of hydrogen-bond donors (Lipinski definition) is 2. The largest absolute Gasteiger partial charge is 0.496 e. The monoisotopic (exact) mass is 868 g/mol. The van der Waals surface area contributed by atoms with Crippen molar-refractivity contribution in [3.63, 3.8) is 0 Å². The van der Waals surface area contributed by atoms with Crippen molar-refractivity contribution >= 4 is 28.2 Å². The lowest BCUT2D eigenvalue weighted by Crippen LogP contribution is -2.35. The summed E-state index contributed by atoms with van der Waals surface area (Å²) in [6.45, 7) is 16.9. The number of nitrogens with two attached hydrogens (primary N) is 1. The lowest BCUT2D eigenvalue weighted by molar-refractivity contribution is -0.137. The zero-order valence-corrected chi connectivity index (χ0v) is 37.6. The Kier molecular flexibility index (Phi) is 22.4. The van der Waals surface area contributed by atoms with Crippen LogP contribution in [0.15, 0.2) is 79.4 Å². The molecular formula is C50H65F5N2O5. The van der Waals surface area contributed by atoms with E-state index >= 15 is 0 Å². The molecule has 340 valence electrons. The normalized spacial score (nSPS) is 14.4. The minimum atomic E-state index is -3.96. The van der Waals surface area contributed by atoms with Crippen LogP contribution in [0.4, 0.5) is 22.0 Å². The van der Waals surface area contributed by atoms with Crippen molar-refractivity contribution in [2.75, 3.05) is 27.3 Å². The number of aryl methyl sites for hydroxylation is 2. The number of likely N-dealkylation sites (tertiary alicyclic amines) is 1. The molecule has 1 saturated heterocycles. The molecule has 62 heavy (non-hydrogen) atoms. The Bertz CT molecular complexity index is 2050. The van der Waals surface area contributed by atoms with Gasteiger partial charge in [-0.2, -0.15) is 13.2 Å². The third-order valence-electron chi connectivity index (χ3n) is 10.3. The first kappa shape index (κ1) is 52.9. The molecule has 4 aromatic carbocycles. The van der Waals surface area contributed by atoms with Gasteiger partial charge in [-0.15, -0.1) is 0 Å². The van der Waals surface area contributed by atoms with E-state index in [1.165, 1.54) is 25.3 Å². The van der Waals surface area contributed by atoms with Crippen LogP contribution in [0.25, 0.3) is 27.5 Å². The van der Waals surface area contributed by atoms with Crippen LogP contribution in [-0.2, 0) is 17.8 Å². The van der Waals surface area contributed by atoms with Crippen LogP contribution in [-0.4, -0.2) is 61.5 Å². The van der Waals surface area contributed by atoms with E-state index in [4.69, 9.17) is 20.3 Å². The molecule has 5 rings (SSSR count). The molecule has 12 heteroatoms. The topological polar surface area (TPSA) is 102 Å². The predicted octanol–water partition coefficient (Wildman–Crippen LogP) is 13.1. The molecule has 0 radical (unpaired) electrons. The molecule has 2 unspecified atom stereocenters. The number of ether oxygens (including phenoxy) is 2. The highest BCUT2D eigenvalue weighted by molar-refractivity contribution is 6.01. The van der Waals surface area contributed by atoms with Gasteiger partial charge in [0, 0.05) is 25.9 Å². The number of halogens is 5. The first-order chi connectivity index (χ1) is 29.3. The van der Waals surface area contributed by atoms with E-state index in [1.54, 1.807) is 34.1 Å². The van der Waals surface area contributed by atoms with E-state index in [9.17, 15) is 31.5 Å². The quantitative estimate of drug-likeness (QED) is 0.0967. The summed E-state index contributed by atoms with van der Waals surface area (Å²) in [7, 11) is 3.29. The smallest absolute Gasteiger partial charge is 0.388 e. The summed E-state index contributed by atoms with van der Waals surface area (Å²) >= 11 is 0. The first-order valence-electron chi connectivity index (χ1n) is 21.1. The summed E-state index contributed by atoms with van der Waals surface area (Å²) in [6.07, 6.45) is 4.97. The van der Waals surface area contributed by atoms with Crippen LogP contribution < -0.4 is 15.2 Å². The molecule has 1 heterocycles. The first-order valence-corrected chi connectivity index (χ1v) is 21.1. The number of piperidine rings is 1. The van der Waals surface area contributed by atoms with Crippen LogP contribution in [0, 0.1) is 18.7 Å². The number of aliphatic carboxylic acids is 1. The van der Waals surface area contributed by atoms with Crippen LogP contribution in [0.2, 0.25) is 0 Å². The summed E-state index contributed by atoms with van der Waals surface area (Å²) in [5, 5.41) is 11.2. The molecule has 0 bridgehead atoms. The molecule has 3 N–H and O–H groups in total. The number of amides is 1. The van der Waals surface area contributed by atoms with Crippen LogP contribution in [0.3, 0.4) is 0 Å². The van der Waals surface area contributed by atoms with E-state index in [2.05, 4.69) is 44.4 Å². The predicted molar refractivity (Wildman–Crippen MR) is 242 cm³/mol. The SMILES string of the molecule is C=C(C)c1cc(C)c(C(N)=O)c(F)c1.CCC(F)(F)F.CCC/C=C\C(C)CC.COc1cc(CN2CCCC(F)C2)cc(OC)c1-c1cccc2c(CCC(=O)O)cccc12. The second kappa shape index (κ2) is 26.3. The minimum Gasteiger partial charge on any atom is -0.496 e. The summed E-state index contributed by atoms with van der Waals surface area (Å²) < 4.78 is 71.2. The Balaban J connectivity index is 0.000000372. The molecule has 1 amide bonds. The lowest BCUT2D eigenvalue weighted by atomic mass is 9.92. The fourth-order valence-corrected chi connectivity index (χ4v) is 6.71. The number of fused-ring (bicyclic) bond motifs is 1. The number of carbonyl (C=O) groups excluding carboxylic acids is 1. The minimum absolute atomic E-state index is 0.0463. The molecule has 0 aliphatic carbocycles. The number of carboxylic acid groups (broad SMARTS) is 1. The number of primary amides is 1. The van der Waals surface area contributed by atoms with Gasteiger partial charge in [-0.25, -0.2) is 8.78 Å². The van der Waals surface area contributed by atoms with Crippen molar-refractivity contribution in [2.24, 2.45) is 11.7 Å². The molecular weight excluding hydrogens is 804 g/mol. The second-order valence-corrected chi connectivity index (χ2v) is 15.4. The van der Waals surface area contributed by atoms with Crippen molar-refractivity contribution < 1.29 is 46.1 Å². The van der Waals surface area contributed by atoms with E-state index in [1.807, 2.05) is 48.5 Å². The maximum Gasteiger partial charge on any atom is 0.388 e. The van der Waals surface area contributed by atoms with E-state index in [-0.39, 0.29) is 12.0 Å². The Labute approximate surface area is 364 Å². The van der Waals surface area contributed by atoms with Gasteiger partial charge < -0.3 is 20.3 Å². The van der Waals surface area contributed by atoms with Crippen LogP contribution in [0.1, 0.15) is 112 Å². The number of carbonyl (C=O) groups is 2. The number of rotatable bonds is 14. The van der Waals surface area contributed by atoms with Crippen molar-refractivity contribution in [2.45, 2.75) is 112 Å². The third kappa shape index (κ3) is 17.3. The number of allylic oxidation sites excluding steroid dienone is 3. The number of carboxylic acids is 1. The van der Waals surface area contributed by atoms with Crippen LogP contribution >= 0.6 is 0 Å². The number of nitrogens with zero attached hydrogens (tertiary/aromatic N) is 1. The molecule has 4 aromatic rings. The standard InChI is InChI=1S/C27H30FNO4.C11H12FNO.C9H18.C3H5F3/c1-32-24-14-18(16-29-13-5-7-20(28)17-29)15-25(33-2)27(24)23-10-4-8-21-19(11-12-26(30)31)6-3-9-22(21)23;1-6(2)8-4-7(3)10(11(13)14)9(12)5-8;1-4-6-7-8-9(3)5-2;1-2-3(4,5)6/h3-4,6,8-10,14-15,20H,5,7,11-13,16-17H2,1-2H3,(H,30,31);4-5H,1H2,2-3H3,(H2,13,14);7-9H,4-6H2,1-3H3;2H2,1H3/b;;8-7-;. The second-order valence-electron chi connectivity index (χ2n) is 15.4. The van der Waals surface area contributed by atoms with Gasteiger partial charge in [0.25, 0.3) is 5.91 Å². The highest BCUT2D eigenvalue weighted by Gasteiger charge is 2.23. The molecule has 0 aromatic heterocycles. The molecule has 1 fully saturated rings. The van der Waals surface area contributed by atoms with Crippen LogP contribution in [0.5, 0.6) is 11.5 Å². The molecule has 1 aliphatic heterocycles. The Hall–Kier alpha value is -5.23. The van der Waals surface area contributed by atoms with Gasteiger partial charge in [-0.1, -0.05) is 107 Å². The van der Waals surface area contributed by atoms with Gasteiger partial charge in [0.05, 0.1) is 25.3 Å². The van der Waals surface area contributed by atoms with E-state index < -0.39 is 36.5 Å². The van der Waals surface area contributed by atoms with Gasteiger partial charge in [0.2, 0.25) is 0 Å². The molecule has 0 saturated carbocycles. The number of benzene rings is 4. The highest BCUT2D eigenvalue weighted by Crippen LogP contribution is 2.43. The lowest BCUT2D eigenvalue weighted by Gasteiger charge is -2.29. The van der Waals surface area contributed by atoms with Crippen molar-refractivity contribution in [1.82, 2.24) is 4.90 Å². The van der Waals surface area contributed by atoms with Crippen molar-refractivity contribution in [1.29, 1.82) is 0 Å². The Morgan fingerprint density at radius 2 is 1.63 bits per heavy atom. The molecule has 1 aliphatic rings. The Morgan fingerprint density at radius 1 is 1.02 bits per heavy atom. The van der Waals surface area contributed by atoms with Crippen molar-refractivity contribution in [3.05, 3.63) is 113 Å². The maximum atomic E-state index is 13.9. The van der Waals surface area contributed by atoms with Crippen molar-refractivity contribution in [3.8, 4) is 22.6 Å². The van der Waals surface area contributed by atoms with Gasteiger partial charge in [0.1, 0.15) is 23.5 Å². The fourth-order valence-electron chi connectivity index (χ4n) is 6.71. The van der Waals surface area contributed by atoms with Gasteiger partial charge in [-0.3, -0.25) is 14.5 Å². The zero-order valence-electron chi connectivity index (χ0n) is 37.6. The third-order valence-corrected chi connectivity index (χ3v) is 10.3. The molecule has 7 nitrogen and oxygen atoms in total. The fraction of sp³-hybridized carbons (Fsp3) is 0.440. The molecule has 0 spiro atoms. The average Bonchev–Trinajstić information content (AvgIpc) is 3.22. The zero-order chi connectivity index (χ0) is 46.6. The summed E-state index contributed by atoms with van der Waals surface area (Å²) in [5.41, 5.74) is 10.8. The summed E-state index contributed by atoms with van der Waals surface area (Å²) in [5.74, 6) is 0.0263. The van der Waals surface area contributed by atoms with Gasteiger partial charge >= 0.3 is 12.1 Å². The Morgan fingerprint density at radius 3 is 2.13 bits per heavy atom. The number of hydrogen-bond acceptors (Lipinski definition) is 5. The van der Waals surface area contributed by atoms with Gasteiger partial charge in [-0.05, 0) is 109 Å². The van der Waals surface area contributed by atoms with E-state index in [0.717, 1.165) is 64.4 Å². The average molecular weight is 869 g/mol. The van der Waals surface area contributed by atoms with Gasteiger partial charge in [0.15, 0.2) is 0 Å². The number of methoxy groups -OCH3 is 2. The number of unbranched alkanes of at least 4 members (excludes halogenated alkanes) is 1. The summed E-state index contributed by atoms with van der Waals surface area (Å²) in [4.78, 5) is 24.1. The maximum absolute atomic E-state index is 13.9. The number of alkyl halides is 4.